The van der Waals surface area contributed by atoms with Gasteiger partial charge < -0.3 is 16.2 Å². The molecule has 0 bridgehead atoms. The third-order valence-corrected chi connectivity index (χ3v) is 2.83. The van der Waals surface area contributed by atoms with Crippen LogP contribution in [0.5, 0.6) is 5.75 Å². The average Bonchev–Trinajstić information content (AvgIpc) is 3.08. The van der Waals surface area contributed by atoms with E-state index in [0.29, 0.717) is 6.54 Å². The predicted octanol–water partition coefficient (Wildman–Crippen LogP) is 1.56. The molecule has 0 radical (unpaired) electrons. The molecule has 1 aliphatic carbocycles. The van der Waals surface area contributed by atoms with E-state index in [1.165, 1.54) is 18.4 Å². The molecule has 17 heavy (non-hydrogen) atoms. The summed E-state index contributed by atoms with van der Waals surface area (Å²) in [4.78, 5) is 4.02. The van der Waals surface area contributed by atoms with E-state index in [-0.39, 0.29) is 5.96 Å². The highest BCUT2D eigenvalue weighted by molar-refractivity contribution is 5.75. The molecule has 0 amide bonds. The molecular weight excluding hydrogens is 214 g/mol. The molecule has 0 spiro atoms. The van der Waals surface area contributed by atoms with Crippen LogP contribution >= 0.6 is 0 Å². The van der Waals surface area contributed by atoms with Gasteiger partial charge in [0.25, 0.3) is 0 Å². The molecule has 0 aliphatic heterocycles. The summed E-state index contributed by atoms with van der Waals surface area (Å²) in [6.45, 7) is 3.33. The van der Waals surface area contributed by atoms with Gasteiger partial charge in [0.15, 0.2) is 5.96 Å². The molecule has 0 atom stereocenters. The van der Waals surface area contributed by atoms with Gasteiger partial charge in [-0.1, -0.05) is 12.1 Å². The zero-order valence-electron chi connectivity index (χ0n) is 10.1. The Kier molecular flexibility index (Phi) is 3.52. The lowest BCUT2D eigenvalue weighted by Gasteiger charge is -2.10. The summed E-state index contributed by atoms with van der Waals surface area (Å²) in [7, 11) is 0. The van der Waals surface area contributed by atoms with Gasteiger partial charge in [0, 0.05) is 5.56 Å². The Morgan fingerprint density at radius 2 is 2.18 bits per heavy atom. The van der Waals surface area contributed by atoms with E-state index >= 15 is 0 Å². The molecule has 1 aromatic carbocycles. The SMILES string of the molecule is Cc1ccc(CN=C(N)N)c(OCC2CC2)c1. The van der Waals surface area contributed by atoms with Crippen molar-refractivity contribution < 1.29 is 4.74 Å². The summed E-state index contributed by atoms with van der Waals surface area (Å²) in [5.74, 6) is 1.76. The Balaban J connectivity index is 2.08. The standard InChI is InChI=1S/C13H19N3O/c1-9-2-5-11(7-16-13(14)15)12(6-9)17-8-10-3-4-10/h2,5-6,10H,3-4,7-8H2,1H3,(H4,14,15,16). The van der Waals surface area contributed by atoms with Crippen molar-refractivity contribution in [2.45, 2.75) is 26.3 Å². The van der Waals surface area contributed by atoms with Gasteiger partial charge >= 0.3 is 0 Å². The largest absolute Gasteiger partial charge is 0.493 e. The lowest BCUT2D eigenvalue weighted by Crippen LogP contribution is -2.22. The van der Waals surface area contributed by atoms with E-state index in [4.69, 9.17) is 16.2 Å². The Morgan fingerprint density at radius 3 is 2.82 bits per heavy atom. The normalized spacial score (nSPS) is 14.4. The molecule has 4 heteroatoms. The predicted molar refractivity (Wildman–Crippen MR) is 68.9 cm³/mol. The molecule has 1 saturated carbocycles. The topological polar surface area (TPSA) is 73.6 Å². The molecule has 1 fully saturated rings. The molecule has 1 aromatic rings. The first-order chi connectivity index (χ1) is 8.15. The summed E-state index contributed by atoms with van der Waals surface area (Å²) in [6.07, 6.45) is 2.57. The third-order valence-electron chi connectivity index (χ3n) is 2.83. The van der Waals surface area contributed by atoms with E-state index in [0.717, 1.165) is 23.8 Å². The minimum Gasteiger partial charge on any atom is -0.493 e. The monoisotopic (exact) mass is 233 g/mol. The van der Waals surface area contributed by atoms with Gasteiger partial charge in [-0.2, -0.15) is 0 Å². The smallest absolute Gasteiger partial charge is 0.186 e. The van der Waals surface area contributed by atoms with Gasteiger partial charge in [0.1, 0.15) is 5.75 Å². The van der Waals surface area contributed by atoms with Crippen molar-refractivity contribution >= 4 is 5.96 Å². The first-order valence-electron chi connectivity index (χ1n) is 5.93. The van der Waals surface area contributed by atoms with E-state index < -0.39 is 0 Å². The van der Waals surface area contributed by atoms with Crippen LogP contribution in [-0.2, 0) is 6.54 Å². The highest BCUT2D eigenvalue weighted by Crippen LogP contribution is 2.30. The van der Waals surface area contributed by atoms with Crippen LogP contribution in [0.2, 0.25) is 0 Å². The van der Waals surface area contributed by atoms with Crippen LogP contribution in [0.15, 0.2) is 23.2 Å². The lowest BCUT2D eigenvalue weighted by atomic mass is 10.1. The number of hydrogen-bond acceptors (Lipinski definition) is 2. The molecule has 0 saturated heterocycles. The van der Waals surface area contributed by atoms with Crippen LogP contribution in [-0.4, -0.2) is 12.6 Å². The van der Waals surface area contributed by atoms with Crippen LogP contribution < -0.4 is 16.2 Å². The molecule has 0 unspecified atom stereocenters. The number of aryl methyl sites for hydroxylation is 1. The fraction of sp³-hybridized carbons (Fsp3) is 0.462. The Hall–Kier alpha value is -1.71. The summed E-state index contributed by atoms with van der Waals surface area (Å²) >= 11 is 0. The maximum Gasteiger partial charge on any atom is 0.186 e. The van der Waals surface area contributed by atoms with Crippen molar-refractivity contribution in [1.29, 1.82) is 0 Å². The van der Waals surface area contributed by atoms with Gasteiger partial charge in [-0.05, 0) is 37.3 Å². The number of aliphatic imine (C=N–C) groups is 1. The van der Waals surface area contributed by atoms with Crippen molar-refractivity contribution in [2.75, 3.05) is 6.61 Å². The van der Waals surface area contributed by atoms with E-state index in [1.54, 1.807) is 0 Å². The summed E-state index contributed by atoms with van der Waals surface area (Å²) in [5.41, 5.74) is 12.9. The zero-order valence-corrected chi connectivity index (χ0v) is 10.1. The number of benzene rings is 1. The Morgan fingerprint density at radius 1 is 1.41 bits per heavy atom. The van der Waals surface area contributed by atoms with Gasteiger partial charge in [0.2, 0.25) is 0 Å². The molecule has 0 aromatic heterocycles. The van der Waals surface area contributed by atoms with Crippen LogP contribution in [0.4, 0.5) is 0 Å². The van der Waals surface area contributed by atoms with Crippen molar-refractivity contribution in [3.63, 3.8) is 0 Å². The molecule has 4 N–H and O–H groups in total. The summed E-state index contributed by atoms with van der Waals surface area (Å²) in [6, 6.07) is 6.10. The number of nitrogens with zero attached hydrogens (tertiary/aromatic N) is 1. The van der Waals surface area contributed by atoms with Crippen molar-refractivity contribution in [2.24, 2.45) is 22.4 Å². The number of guanidine groups is 1. The van der Waals surface area contributed by atoms with Gasteiger partial charge in [-0.3, -0.25) is 0 Å². The second kappa shape index (κ2) is 5.08. The fourth-order valence-electron chi connectivity index (χ4n) is 1.60. The van der Waals surface area contributed by atoms with Crippen LogP contribution in [0.3, 0.4) is 0 Å². The fourth-order valence-corrected chi connectivity index (χ4v) is 1.60. The Bertz CT molecular complexity index is 421. The van der Waals surface area contributed by atoms with E-state index in [2.05, 4.69) is 4.99 Å². The summed E-state index contributed by atoms with van der Waals surface area (Å²) in [5, 5.41) is 0. The Labute approximate surface area is 102 Å². The van der Waals surface area contributed by atoms with Crippen molar-refractivity contribution in [3.05, 3.63) is 29.3 Å². The van der Waals surface area contributed by atoms with Crippen molar-refractivity contribution in [1.82, 2.24) is 0 Å². The lowest BCUT2D eigenvalue weighted by molar-refractivity contribution is 0.296. The van der Waals surface area contributed by atoms with E-state index in [9.17, 15) is 0 Å². The summed E-state index contributed by atoms with van der Waals surface area (Å²) < 4.78 is 5.82. The zero-order chi connectivity index (χ0) is 12.3. The quantitative estimate of drug-likeness (QED) is 0.598. The first kappa shape index (κ1) is 11.8. The highest BCUT2D eigenvalue weighted by Gasteiger charge is 2.22. The third kappa shape index (κ3) is 3.66. The van der Waals surface area contributed by atoms with E-state index in [1.807, 2.05) is 25.1 Å². The minimum absolute atomic E-state index is 0.110. The van der Waals surface area contributed by atoms with Crippen LogP contribution in [0.25, 0.3) is 0 Å². The number of rotatable bonds is 5. The maximum atomic E-state index is 5.82. The van der Waals surface area contributed by atoms with Crippen molar-refractivity contribution in [3.8, 4) is 5.75 Å². The minimum atomic E-state index is 0.110. The second-order valence-corrected chi connectivity index (χ2v) is 4.61. The maximum absolute atomic E-state index is 5.82. The molecule has 92 valence electrons. The highest BCUT2D eigenvalue weighted by atomic mass is 16.5. The van der Waals surface area contributed by atoms with Gasteiger partial charge in [-0.25, -0.2) is 4.99 Å². The number of ether oxygens (including phenoxy) is 1. The molecular formula is C13H19N3O. The molecule has 4 nitrogen and oxygen atoms in total. The number of nitrogens with two attached hydrogens (primary N) is 2. The molecule has 2 rings (SSSR count). The van der Waals surface area contributed by atoms with Crippen LogP contribution in [0.1, 0.15) is 24.0 Å². The molecule has 0 heterocycles. The average molecular weight is 233 g/mol. The second-order valence-electron chi connectivity index (χ2n) is 4.61. The first-order valence-corrected chi connectivity index (χ1v) is 5.93. The van der Waals surface area contributed by atoms with Gasteiger partial charge in [-0.15, -0.1) is 0 Å². The molecule has 1 aliphatic rings. The van der Waals surface area contributed by atoms with Crippen LogP contribution in [0, 0.1) is 12.8 Å². The number of hydrogen-bond donors (Lipinski definition) is 2. The van der Waals surface area contributed by atoms with Gasteiger partial charge in [0.05, 0.1) is 13.2 Å².